The molecule has 33 heavy (non-hydrogen) atoms. The van der Waals surface area contributed by atoms with Crippen molar-refractivity contribution in [3.63, 3.8) is 0 Å². The van der Waals surface area contributed by atoms with Crippen LogP contribution >= 0.6 is 0 Å². The third kappa shape index (κ3) is 3.92. The molecule has 2 aliphatic rings. The minimum Gasteiger partial charge on any atom is -0.359 e. The second kappa shape index (κ2) is 8.33. The largest absolute Gasteiger partial charge is 0.359 e. The lowest BCUT2D eigenvalue weighted by Crippen LogP contribution is -2.07. The van der Waals surface area contributed by atoms with Crippen LogP contribution < -0.4 is 0 Å². The van der Waals surface area contributed by atoms with Crippen molar-refractivity contribution < 1.29 is 0 Å². The van der Waals surface area contributed by atoms with Gasteiger partial charge in [0.15, 0.2) is 0 Å². The van der Waals surface area contributed by atoms with Crippen molar-refractivity contribution in [2.75, 3.05) is 0 Å². The van der Waals surface area contributed by atoms with Gasteiger partial charge in [-0.2, -0.15) is 0 Å². The Labute approximate surface area is 198 Å². The summed E-state index contributed by atoms with van der Waals surface area (Å²) >= 11 is 0. The Morgan fingerprint density at radius 1 is 0.515 bits per heavy atom. The number of aromatic nitrogens is 2. The van der Waals surface area contributed by atoms with Gasteiger partial charge in [-0.05, 0) is 126 Å². The number of nitrogens with zero attached hydrogens (tertiary/aromatic N) is 2. The number of rotatable bonds is 4. The second-order valence-corrected chi connectivity index (χ2v) is 9.68. The predicted molar refractivity (Wildman–Crippen MR) is 142 cm³/mol. The van der Waals surface area contributed by atoms with Crippen molar-refractivity contribution in [1.82, 2.24) is 9.97 Å². The summed E-state index contributed by atoms with van der Waals surface area (Å²) in [5, 5.41) is 0. The topological polar surface area (TPSA) is 56.3 Å². The van der Waals surface area contributed by atoms with E-state index in [0.29, 0.717) is 0 Å². The summed E-state index contributed by atoms with van der Waals surface area (Å²) in [5.74, 6) is 0. The molecule has 172 valence electrons. The Morgan fingerprint density at radius 3 is 1.18 bits per heavy atom. The van der Waals surface area contributed by atoms with Gasteiger partial charge in [0.05, 0.1) is 22.8 Å². The summed E-state index contributed by atoms with van der Waals surface area (Å²) in [6.45, 7) is 21.6. The monoisotopic (exact) mass is 440 g/mol. The van der Waals surface area contributed by atoms with Crippen LogP contribution in [0, 0.1) is 41.5 Å². The highest BCUT2D eigenvalue weighted by Crippen LogP contribution is 2.33. The van der Waals surface area contributed by atoms with Crippen molar-refractivity contribution in [2.24, 2.45) is 9.98 Å². The highest BCUT2D eigenvalue weighted by atomic mass is 14.8. The Bertz CT molecular complexity index is 1250. The fourth-order valence-corrected chi connectivity index (χ4v) is 4.53. The van der Waals surface area contributed by atoms with E-state index in [2.05, 4.69) is 91.4 Å². The predicted octanol–water partition coefficient (Wildman–Crippen LogP) is 7.55. The third-order valence-electron chi connectivity index (χ3n) is 7.87. The maximum atomic E-state index is 5.04. The standard InChI is InChI=1S/C29H36N4/c1-14-16(3)24(30-22(14)9)11-26-18(5)20(7)28(32-26)13-29-21(8)19(6)27(33-29)12-25-17(4)15(2)23(10)31-25/h11-12,30-31H,13H2,1-10H3/b26-11-,27-12+. The average Bonchev–Trinajstić information content (AvgIpc) is 3.38. The first-order valence-electron chi connectivity index (χ1n) is 11.8. The first-order chi connectivity index (χ1) is 15.5. The molecule has 4 heterocycles. The Kier molecular flexibility index (Phi) is 5.81. The van der Waals surface area contributed by atoms with Gasteiger partial charge < -0.3 is 9.97 Å². The van der Waals surface area contributed by atoms with Crippen LogP contribution in [-0.2, 0) is 0 Å². The van der Waals surface area contributed by atoms with E-state index in [9.17, 15) is 0 Å². The Morgan fingerprint density at radius 2 is 0.879 bits per heavy atom. The minimum atomic E-state index is 0.755. The molecule has 0 radical (unpaired) electrons. The van der Waals surface area contributed by atoms with Crippen LogP contribution in [0.2, 0.25) is 0 Å². The van der Waals surface area contributed by atoms with Gasteiger partial charge in [-0.3, -0.25) is 9.98 Å². The maximum absolute atomic E-state index is 5.04. The van der Waals surface area contributed by atoms with Gasteiger partial charge in [-0.25, -0.2) is 0 Å². The molecular formula is C29H36N4. The maximum Gasteiger partial charge on any atom is 0.0686 e. The molecule has 2 N–H and O–H groups in total. The molecule has 0 aromatic carbocycles. The van der Waals surface area contributed by atoms with Crippen LogP contribution in [0.25, 0.3) is 12.2 Å². The average molecular weight is 441 g/mol. The molecule has 0 saturated carbocycles. The molecule has 0 amide bonds. The molecule has 0 bridgehead atoms. The van der Waals surface area contributed by atoms with Crippen LogP contribution in [0.3, 0.4) is 0 Å². The summed E-state index contributed by atoms with van der Waals surface area (Å²) in [7, 11) is 0. The van der Waals surface area contributed by atoms with Crippen LogP contribution in [0.1, 0.15) is 79.1 Å². The van der Waals surface area contributed by atoms with Gasteiger partial charge in [0.1, 0.15) is 0 Å². The van der Waals surface area contributed by atoms with E-state index in [1.54, 1.807) is 0 Å². The zero-order valence-electron chi connectivity index (χ0n) is 21.8. The smallest absolute Gasteiger partial charge is 0.0686 e. The van der Waals surface area contributed by atoms with Crippen LogP contribution in [0.15, 0.2) is 43.7 Å². The van der Waals surface area contributed by atoms with Crippen molar-refractivity contribution in [1.29, 1.82) is 0 Å². The molecule has 0 saturated heterocycles. The zero-order valence-corrected chi connectivity index (χ0v) is 21.8. The minimum absolute atomic E-state index is 0.755. The molecule has 2 aromatic rings. The number of allylic oxidation sites excluding steroid dienone is 4. The second-order valence-electron chi connectivity index (χ2n) is 9.68. The molecule has 0 spiro atoms. The van der Waals surface area contributed by atoms with E-state index in [1.165, 1.54) is 55.9 Å². The van der Waals surface area contributed by atoms with Crippen LogP contribution in [-0.4, -0.2) is 21.4 Å². The molecular weight excluding hydrogens is 404 g/mol. The summed E-state index contributed by atoms with van der Waals surface area (Å²) in [4.78, 5) is 17.1. The van der Waals surface area contributed by atoms with Gasteiger partial charge in [0.2, 0.25) is 0 Å². The van der Waals surface area contributed by atoms with Gasteiger partial charge in [0.25, 0.3) is 0 Å². The Balaban J connectivity index is 1.65. The lowest BCUT2D eigenvalue weighted by molar-refractivity contribution is 1.21. The van der Waals surface area contributed by atoms with Crippen molar-refractivity contribution in [3.05, 3.63) is 78.7 Å². The Hall–Kier alpha value is -3.14. The van der Waals surface area contributed by atoms with Gasteiger partial charge >= 0.3 is 0 Å². The fourth-order valence-electron chi connectivity index (χ4n) is 4.53. The molecule has 2 aliphatic heterocycles. The molecule has 0 fully saturated rings. The van der Waals surface area contributed by atoms with Crippen molar-refractivity contribution in [3.8, 4) is 0 Å². The molecule has 2 aromatic heterocycles. The molecule has 0 unspecified atom stereocenters. The summed E-state index contributed by atoms with van der Waals surface area (Å²) in [5.41, 5.74) is 19.3. The van der Waals surface area contributed by atoms with E-state index in [-0.39, 0.29) is 0 Å². The van der Waals surface area contributed by atoms with Crippen LogP contribution in [0.4, 0.5) is 0 Å². The van der Waals surface area contributed by atoms with E-state index >= 15 is 0 Å². The molecule has 4 heteroatoms. The summed E-state index contributed by atoms with van der Waals surface area (Å²) in [6, 6.07) is 0. The third-order valence-corrected chi connectivity index (χ3v) is 7.87. The van der Waals surface area contributed by atoms with E-state index in [1.807, 2.05) is 0 Å². The summed E-state index contributed by atoms with van der Waals surface area (Å²) < 4.78 is 0. The molecule has 4 rings (SSSR count). The lowest BCUT2D eigenvalue weighted by Gasteiger charge is -2.04. The van der Waals surface area contributed by atoms with Gasteiger partial charge in [0, 0.05) is 29.2 Å². The molecule has 4 nitrogen and oxygen atoms in total. The number of nitrogens with one attached hydrogen (secondary N) is 2. The fraction of sp³-hybridized carbons (Fsp3) is 0.379. The highest BCUT2D eigenvalue weighted by Gasteiger charge is 2.24. The van der Waals surface area contributed by atoms with E-state index in [4.69, 9.17) is 9.98 Å². The normalized spacial score (nSPS) is 19.0. The zero-order chi connectivity index (χ0) is 24.2. The van der Waals surface area contributed by atoms with Crippen molar-refractivity contribution in [2.45, 2.75) is 75.7 Å². The number of aryl methyl sites for hydroxylation is 2. The quantitative estimate of drug-likeness (QED) is 0.493. The highest BCUT2D eigenvalue weighted by molar-refractivity contribution is 6.20. The van der Waals surface area contributed by atoms with E-state index < -0.39 is 0 Å². The summed E-state index contributed by atoms with van der Waals surface area (Å²) in [6.07, 6.45) is 5.13. The van der Waals surface area contributed by atoms with Crippen LogP contribution in [0.5, 0.6) is 0 Å². The number of H-pyrrole nitrogens is 2. The molecule has 0 atom stereocenters. The van der Waals surface area contributed by atoms with Gasteiger partial charge in [-0.1, -0.05) is 0 Å². The number of aromatic amines is 2. The number of hydrogen-bond acceptors (Lipinski definition) is 2. The van der Waals surface area contributed by atoms with Crippen molar-refractivity contribution >= 4 is 23.6 Å². The first-order valence-corrected chi connectivity index (χ1v) is 11.8. The van der Waals surface area contributed by atoms with Gasteiger partial charge in [-0.15, -0.1) is 0 Å². The number of aliphatic imine (C=N–C) groups is 2. The SMILES string of the molecule is CC1=C(C)/C(=C/c2[nH]c(C)c(C)c2C)N=C1CC1=N/C(=C/c2[nH]c(C)c(C)c2C)C(C)=C1C. The molecule has 0 aliphatic carbocycles. The first kappa shape index (κ1) is 23.0. The number of hydrogen-bond donors (Lipinski definition) is 2. The van der Waals surface area contributed by atoms with E-state index in [0.717, 1.165) is 40.6 Å². The lowest BCUT2D eigenvalue weighted by atomic mass is 9.99.